The van der Waals surface area contributed by atoms with E-state index in [0.717, 1.165) is 0 Å². The van der Waals surface area contributed by atoms with E-state index in [0.29, 0.717) is 3.37 Å². The van der Waals surface area contributed by atoms with Gasteiger partial charge < -0.3 is 0 Å². The summed E-state index contributed by atoms with van der Waals surface area (Å²) in [5.41, 5.74) is 0.157. The fourth-order valence-electron chi connectivity index (χ4n) is 0.125. The number of rotatable bonds is 0. The first-order valence-electron chi connectivity index (χ1n) is 1.64. The number of nitrogens with zero attached hydrogens (tertiary/aromatic N) is 2. The Bertz CT molecular complexity index is 178. The van der Waals surface area contributed by atoms with Crippen LogP contribution in [0.15, 0.2) is 8.94 Å². The quantitative estimate of drug-likeness (QED) is 0.389. The molecule has 9 heavy (non-hydrogen) atoms. The zero-order valence-electron chi connectivity index (χ0n) is 3.79. The van der Waals surface area contributed by atoms with Gasteiger partial charge in [0.05, 0.1) is 0 Å². The third-order valence-electron chi connectivity index (χ3n) is 0.447. The maximum absolute atomic E-state index is 8.15. The SMILES string of the molecule is N#CC(C#N)=C([SeH])[SeH].[NaH]. The van der Waals surface area contributed by atoms with Gasteiger partial charge in [0, 0.05) is 0 Å². The van der Waals surface area contributed by atoms with Crippen LogP contribution in [0, 0.1) is 22.7 Å². The van der Waals surface area contributed by atoms with Gasteiger partial charge in [-0.05, 0) is 0 Å². The third-order valence-corrected chi connectivity index (χ3v) is 1.39. The van der Waals surface area contributed by atoms with Crippen molar-refractivity contribution in [1.29, 1.82) is 10.5 Å². The summed E-state index contributed by atoms with van der Waals surface area (Å²) >= 11 is 4.26. The van der Waals surface area contributed by atoms with Gasteiger partial charge in [-0.2, -0.15) is 0 Å². The molecule has 0 aliphatic carbocycles. The average Bonchev–Trinajstić information content (AvgIpc) is 1.69. The van der Waals surface area contributed by atoms with Gasteiger partial charge in [0.15, 0.2) is 0 Å². The van der Waals surface area contributed by atoms with Gasteiger partial charge in [0.1, 0.15) is 0 Å². The summed E-state index contributed by atoms with van der Waals surface area (Å²) in [5, 5.41) is 16.3. The second kappa shape index (κ2) is 6.87. The topological polar surface area (TPSA) is 47.6 Å². The maximum atomic E-state index is 8.15. The van der Waals surface area contributed by atoms with E-state index >= 15 is 0 Å². The minimum absolute atomic E-state index is 0. The molecule has 0 saturated heterocycles. The molecule has 0 aromatic rings. The van der Waals surface area contributed by atoms with Gasteiger partial charge in [-0.1, -0.05) is 0 Å². The predicted molar refractivity (Wildman–Crippen MR) is 39.7 cm³/mol. The summed E-state index contributed by atoms with van der Waals surface area (Å²) in [6.07, 6.45) is 0. The van der Waals surface area contributed by atoms with Gasteiger partial charge in [-0.3, -0.25) is 0 Å². The first kappa shape index (κ1) is 12.4. The Kier molecular flexibility index (Phi) is 9.50. The molecule has 0 spiro atoms. The van der Waals surface area contributed by atoms with E-state index < -0.39 is 0 Å². The zero-order valence-corrected chi connectivity index (χ0v) is 7.54. The van der Waals surface area contributed by atoms with Crippen molar-refractivity contribution in [3.63, 3.8) is 0 Å². The van der Waals surface area contributed by atoms with Crippen molar-refractivity contribution in [2.45, 2.75) is 0 Å². The van der Waals surface area contributed by atoms with Crippen LogP contribution in [0.1, 0.15) is 0 Å². The van der Waals surface area contributed by atoms with Crippen LogP contribution in [0.5, 0.6) is 0 Å². The normalized spacial score (nSPS) is 5.78. The Balaban J connectivity index is 0. The summed E-state index contributed by atoms with van der Waals surface area (Å²) in [6, 6.07) is 3.48. The molecule has 0 aromatic carbocycles. The van der Waals surface area contributed by atoms with Crippen molar-refractivity contribution >= 4 is 61.6 Å². The molecular weight excluding hydrogens is 257 g/mol. The molecule has 2 nitrogen and oxygen atoms in total. The fourth-order valence-corrected chi connectivity index (χ4v) is 0.545. The van der Waals surface area contributed by atoms with Crippen LogP contribution in [0.2, 0.25) is 0 Å². The second-order valence-electron chi connectivity index (χ2n) is 0.922. The number of allylic oxidation sites excluding steroid dienone is 1. The van der Waals surface area contributed by atoms with E-state index in [4.69, 9.17) is 10.5 Å². The standard InChI is InChI=1S/C4H2N2Se2.Na.H/c5-1-3(2-6)4(7)8;;/h7-8H;;. The molecule has 0 amide bonds. The number of hydrogen-bond acceptors (Lipinski definition) is 2. The molecule has 0 aliphatic rings. The van der Waals surface area contributed by atoms with Crippen LogP contribution in [0.25, 0.3) is 0 Å². The average molecular weight is 260 g/mol. The Morgan fingerprint density at radius 1 is 1.11 bits per heavy atom. The molecule has 0 saturated carbocycles. The Hall–Kier alpha value is 0.759. The van der Waals surface area contributed by atoms with Crippen molar-refractivity contribution in [3.8, 4) is 12.1 Å². The van der Waals surface area contributed by atoms with Gasteiger partial charge in [0.25, 0.3) is 0 Å². The van der Waals surface area contributed by atoms with E-state index in [-0.39, 0.29) is 35.1 Å². The Morgan fingerprint density at radius 2 is 1.44 bits per heavy atom. The van der Waals surface area contributed by atoms with E-state index in [1.54, 1.807) is 12.1 Å². The minimum atomic E-state index is 0. The molecule has 0 rings (SSSR count). The van der Waals surface area contributed by atoms with Crippen molar-refractivity contribution in [3.05, 3.63) is 8.94 Å². The summed E-state index contributed by atoms with van der Waals surface area (Å²) < 4.78 is 0.648. The number of hydrogen-bond donors (Lipinski definition) is 0. The van der Waals surface area contributed by atoms with E-state index in [1.807, 2.05) is 0 Å². The first-order chi connectivity index (χ1) is 3.72. The van der Waals surface area contributed by atoms with Gasteiger partial charge in [0.2, 0.25) is 0 Å². The fraction of sp³-hybridized carbons (Fsp3) is 0. The molecule has 0 heterocycles. The Morgan fingerprint density at radius 3 is 1.44 bits per heavy atom. The van der Waals surface area contributed by atoms with Crippen LogP contribution >= 0.6 is 0 Å². The molecule has 0 aromatic heterocycles. The summed E-state index contributed by atoms with van der Waals surface area (Å²) in [5.74, 6) is 0. The zero-order chi connectivity index (χ0) is 6.57. The van der Waals surface area contributed by atoms with Crippen LogP contribution in [-0.4, -0.2) is 61.6 Å². The van der Waals surface area contributed by atoms with Crippen LogP contribution in [0.3, 0.4) is 0 Å². The molecule has 0 radical (unpaired) electrons. The van der Waals surface area contributed by atoms with Crippen LogP contribution in [-0.2, 0) is 0 Å². The summed E-state index contributed by atoms with van der Waals surface area (Å²) in [4.78, 5) is 0. The molecule has 0 unspecified atom stereocenters. The molecule has 0 bridgehead atoms. The van der Waals surface area contributed by atoms with Crippen molar-refractivity contribution in [2.75, 3.05) is 0 Å². The second-order valence-corrected chi connectivity index (χ2v) is 4.46. The Labute approximate surface area is 92.2 Å². The van der Waals surface area contributed by atoms with E-state index in [9.17, 15) is 0 Å². The van der Waals surface area contributed by atoms with Gasteiger partial charge in [-0.15, -0.1) is 0 Å². The van der Waals surface area contributed by atoms with Crippen LogP contribution in [0.4, 0.5) is 0 Å². The van der Waals surface area contributed by atoms with Crippen LogP contribution < -0.4 is 0 Å². The van der Waals surface area contributed by atoms with Crippen molar-refractivity contribution in [2.24, 2.45) is 0 Å². The molecule has 42 valence electrons. The molecule has 0 atom stereocenters. The monoisotopic (exact) mass is 262 g/mol. The van der Waals surface area contributed by atoms with Crippen molar-refractivity contribution in [1.82, 2.24) is 0 Å². The molecule has 0 fully saturated rings. The summed E-state index contributed by atoms with van der Waals surface area (Å²) in [7, 11) is 0. The number of nitriles is 2. The third kappa shape index (κ3) is 5.22. The first-order valence-corrected chi connectivity index (χ1v) is 3.52. The molecular formula is C4H3N2NaSe2. The van der Waals surface area contributed by atoms with E-state index in [1.165, 1.54) is 0 Å². The molecule has 0 aliphatic heterocycles. The molecule has 0 N–H and O–H groups in total. The molecule has 5 heteroatoms. The predicted octanol–water partition coefficient (Wildman–Crippen LogP) is -1.60. The van der Waals surface area contributed by atoms with E-state index in [2.05, 4.69) is 32.0 Å². The van der Waals surface area contributed by atoms with Gasteiger partial charge in [-0.25, -0.2) is 0 Å². The van der Waals surface area contributed by atoms with Gasteiger partial charge >= 0.3 is 93.2 Å². The van der Waals surface area contributed by atoms with Crippen molar-refractivity contribution < 1.29 is 0 Å². The summed E-state index contributed by atoms with van der Waals surface area (Å²) in [6.45, 7) is 0.